The maximum atomic E-state index is 13.4. The lowest BCUT2D eigenvalue weighted by atomic mass is 10.1. The third-order valence-electron chi connectivity index (χ3n) is 5.27. The van der Waals surface area contributed by atoms with E-state index in [1.807, 2.05) is 65.4 Å². The molecule has 2 aromatic carbocycles. The Morgan fingerprint density at radius 1 is 1.09 bits per heavy atom. The van der Waals surface area contributed by atoms with Gasteiger partial charge in [0.2, 0.25) is 5.78 Å². The summed E-state index contributed by atoms with van der Waals surface area (Å²) in [7, 11) is 1.60. The number of aromatic nitrogens is 3. The maximum absolute atomic E-state index is 13.4. The van der Waals surface area contributed by atoms with Gasteiger partial charge in [-0.1, -0.05) is 23.7 Å². The van der Waals surface area contributed by atoms with Crippen LogP contribution in [0.15, 0.2) is 83.9 Å². The lowest BCUT2D eigenvalue weighted by molar-refractivity contribution is 0.100. The zero-order valence-corrected chi connectivity index (χ0v) is 17.9. The standard InChI is InChI=1S/C25H18ClN3O3/c1-31-19-6-7-23-20(12-19)21(14-29(23)13-16-2-4-18(26)5-3-16)24(30)25-28-22(15-32-25)17-8-10-27-11-9-17/h2-12,14-15H,13H2,1H3. The summed E-state index contributed by atoms with van der Waals surface area (Å²) in [4.78, 5) is 21.8. The predicted molar refractivity (Wildman–Crippen MR) is 122 cm³/mol. The number of hydrogen-bond acceptors (Lipinski definition) is 5. The van der Waals surface area contributed by atoms with Crippen LogP contribution in [0.5, 0.6) is 5.75 Å². The zero-order chi connectivity index (χ0) is 22.1. The van der Waals surface area contributed by atoms with Gasteiger partial charge in [-0.2, -0.15) is 0 Å². The molecule has 5 rings (SSSR count). The van der Waals surface area contributed by atoms with Crippen molar-refractivity contribution in [3.8, 4) is 17.0 Å². The van der Waals surface area contributed by atoms with Crippen molar-refractivity contribution in [1.29, 1.82) is 0 Å². The number of carbonyl (C=O) groups is 1. The summed E-state index contributed by atoms with van der Waals surface area (Å²) in [6, 6.07) is 16.9. The molecule has 3 heterocycles. The molecule has 0 N–H and O–H groups in total. The molecule has 0 spiro atoms. The normalized spacial score (nSPS) is 11.1. The molecule has 0 radical (unpaired) electrons. The van der Waals surface area contributed by atoms with Gasteiger partial charge in [0.05, 0.1) is 12.7 Å². The monoisotopic (exact) mass is 443 g/mol. The average Bonchev–Trinajstić information content (AvgIpc) is 3.46. The zero-order valence-electron chi connectivity index (χ0n) is 17.2. The van der Waals surface area contributed by atoms with Crippen LogP contribution in [-0.2, 0) is 6.54 Å². The molecule has 0 saturated heterocycles. The van der Waals surface area contributed by atoms with Crippen LogP contribution in [0.4, 0.5) is 0 Å². The van der Waals surface area contributed by atoms with Crippen molar-refractivity contribution in [3.05, 3.63) is 101 Å². The first kappa shape index (κ1) is 20.0. The summed E-state index contributed by atoms with van der Waals surface area (Å²) in [5.74, 6) is 0.407. The fraction of sp³-hybridized carbons (Fsp3) is 0.0800. The minimum absolute atomic E-state index is 0.0326. The minimum atomic E-state index is -0.293. The van der Waals surface area contributed by atoms with E-state index in [0.29, 0.717) is 28.6 Å². The number of fused-ring (bicyclic) bond motifs is 1. The Labute approximate surface area is 189 Å². The number of pyridine rings is 1. The fourth-order valence-corrected chi connectivity index (χ4v) is 3.78. The highest BCUT2D eigenvalue weighted by molar-refractivity contribution is 6.30. The molecule has 0 amide bonds. The predicted octanol–water partition coefficient (Wildman–Crippen LogP) is 5.63. The summed E-state index contributed by atoms with van der Waals surface area (Å²) >= 11 is 6.02. The quantitative estimate of drug-likeness (QED) is 0.318. The van der Waals surface area contributed by atoms with Gasteiger partial charge in [-0.25, -0.2) is 4.98 Å². The Morgan fingerprint density at radius 2 is 1.88 bits per heavy atom. The van der Waals surface area contributed by atoms with Crippen LogP contribution in [0.1, 0.15) is 21.8 Å². The summed E-state index contributed by atoms with van der Waals surface area (Å²) in [5.41, 5.74) is 3.88. The number of rotatable bonds is 6. The number of methoxy groups -OCH3 is 1. The lowest BCUT2D eigenvalue weighted by Crippen LogP contribution is -2.02. The smallest absolute Gasteiger partial charge is 0.268 e. The molecule has 158 valence electrons. The highest BCUT2D eigenvalue weighted by Gasteiger charge is 2.22. The van der Waals surface area contributed by atoms with Gasteiger partial charge in [0.1, 0.15) is 17.7 Å². The highest BCUT2D eigenvalue weighted by Crippen LogP contribution is 2.29. The Kier molecular flexibility index (Phi) is 5.21. The average molecular weight is 444 g/mol. The molecule has 0 aliphatic carbocycles. The third-order valence-corrected chi connectivity index (χ3v) is 5.53. The van der Waals surface area contributed by atoms with E-state index in [9.17, 15) is 4.79 Å². The topological polar surface area (TPSA) is 70.2 Å². The first-order valence-electron chi connectivity index (χ1n) is 9.94. The van der Waals surface area contributed by atoms with E-state index in [1.54, 1.807) is 19.5 Å². The number of oxazole rings is 1. The molecule has 0 saturated carbocycles. The molecular weight excluding hydrogens is 426 g/mol. The molecule has 6 nitrogen and oxygen atoms in total. The number of halogens is 1. The second-order valence-electron chi connectivity index (χ2n) is 7.28. The van der Waals surface area contributed by atoms with Crippen molar-refractivity contribution in [2.24, 2.45) is 0 Å². The second kappa shape index (κ2) is 8.32. The molecule has 3 aromatic heterocycles. The second-order valence-corrected chi connectivity index (χ2v) is 7.72. The molecule has 0 aliphatic rings. The number of ether oxygens (including phenoxy) is 1. The van der Waals surface area contributed by atoms with Gasteiger partial charge in [0.25, 0.3) is 5.89 Å². The Morgan fingerprint density at radius 3 is 2.62 bits per heavy atom. The van der Waals surface area contributed by atoms with E-state index < -0.39 is 0 Å². The van der Waals surface area contributed by atoms with Gasteiger partial charge in [0.15, 0.2) is 0 Å². The third kappa shape index (κ3) is 3.76. The van der Waals surface area contributed by atoms with Gasteiger partial charge in [-0.15, -0.1) is 0 Å². The Hall–Kier alpha value is -3.90. The van der Waals surface area contributed by atoms with E-state index in [1.165, 1.54) is 6.26 Å². The summed E-state index contributed by atoms with van der Waals surface area (Å²) in [6.45, 7) is 0.584. The Bertz CT molecular complexity index is 1410. The molecule has 0 bridgehead atoms. The summed E-state index contributed by atoms with van der Waals surface area (Å²) in [5, 5.41) is 1.45. The molecule has 0 fully saturated rings. The largest absolute Gasteiger partial charge is 0.497 e. The fourth-order valence-electron chi connectivity index (χ4n) is 3.65. The van der Waals surface area contributed by atoms with Crippen LogP contribution >= 0.6 is 11.6 Å². The molecule has 5 aromatic rings. The number of benzene rings is 2. The van der Waals surface area contributed by atoms with Crippen LogP contribution < -0.4 is 4.74 Å². The van der Waals surface area contributed by atoms with E-state index in [0.717, 1.165) is 22.0 Å². The van der Waals surface area contributed by atoms with Crippen LogP contribution in [0.3, 0.4) is 0 Å². The van der Waals surface area contributed by atoms with Crippen LogP contribution in [0.25, 0.3) is 22.2 Å². The van der Waals surface area contributed by atoms with Crippen LogP contribution in [0.2, 0.25) is 5.02 Å². The highest BCUT2D eigenvalue weighted by atomic mass is 35.5. The van der Waals surface area contributed by atoms with Gasteiger partial charge >= 0.3 is 0 Å². The molecule has 32 heavy (non-hydrogen) atoms. The van der Waals surface area contributed by atoms with E-state index in [4.69, 9.17) is 20.8 Å². The van der Waals surface area contributed by atoms with E-state index >= 15 is 0 Å². The minimum Gasteiger partial charge on any atom is -0.497 e. The van der Waals surface area contributed by atoms with Crippen LogP contribution in [0, 0.1) is 0 Å². The SMILES string of the molecule is COc1ccc2c(c1)c(C(=O)c1nc(-c3ccncc3)co1)cn2Cc1ccc(Cl)cc1. The van der Waals surface area contributed by atoms with Crippen molar-refractivity contribution in [2.45, 2.75) is 6.54 Å². The van der Waals surface area contributed by atoms with Gasteiger partial charge in [-0.05, 0) is 48.0 Å². The molecule has 0 aliphatic heterocycles. The number of hydrogen-bond donors (Lipinski definition) is 0. The summed E-state index contributed by atoms with van der Waals surface area (Å²) in [6.07, 6.45) is 6.65. The lowest BCUT2D eigenvalue weighted by Gasteiger charge is -2.06. The summed E-state index contributed by atoms with van der Waals surface area (Å²) < 4.78 is 13.0. The van der Waals surface area contributed by atoms with Crippen molar-refractivity contribution in [2.75, 3.05) is 7.11 Å². The molecular formula is C25H18ClN3O3. The number of carbonyl (C=O) groups excluding carboxylic acids is 1. The van der Waals surface area contributed by atoms with E-state index in [2.05, 4.69) is 9.97 Å². The van der Waals surface area contributed by atoms with Crippen molar-refractivity contribution in [3.63, 3.8) is 0 Å². The van der Waals surface area contributed by atoms with Gasteiger partial charge in [0, 0.05) is 46.6 Å². The first-order valence-corrected chi connectivity index (χ1v) is 10.3. The number of ketones is 1. The molecule has 7 heteroatoms. The van der Waals surface area contributed by atoms with Crippen molar-refractivity contribution >= 4 is 28.3 Å². The first-order chi connectivity index (χ1) is 15.6. The Balaban J connectivity index is 1.56. The van der Waals surface area contributed by atoms with Crippen molar-refractivity contribution in [1.82, 2.24) is 14.5 Å². The van der Waals surface area contributed by atoms with E-state index in [-0.39, 0.29) is 11.7 Å². The molecule has 0 atom stereocenters. The van der Waals surface area contributed by atoms with Gasteiger partial charge < -0.3 is 13.7 Å². The maximum Gasteiger partial charge on any atom is 0.268 e. The van der Waals surface area contributed by atoms with Crippen LogP contribution in [-0.4, -0.2) is 27.4 Å². The van der Waals surface area contributed by atoms with Crippen molar-refractivity contribution < 1.29 is 13.9 Å². The molecule has 0 unspecified atom stereocenters. The van der Waals surface area contributed by atoms with Gasteiger partial charge in [-0.3, -0.25) is 9.78 Å². The number of nitrogens with zero attached hydrogens (tertiary/aromatic N) is 3.